The summed E-state index contributed by atoms with van der Waals surface area (Å²) in [7, 11) is 0. The van der Waals surface area contributed by atoms with Crippen LogP contribution >= 0.6 is 11.8 Å². The lowest BCUT2D eigenvalue weighted by Crippen LogP contribution is -1.82. The van der Waals surface area contributed by atoms with Gasteiger partial charge in [-0.2, -0.15) is 11.8 Å². The number of thioether (sulfide) groups is 1. The van der Waals surface area contributed by atoms with Crippen molar-refractivity contribution in [1.29, 1.82) is 0 Å². The summed E-state index contributed by atoms with van der Waals surface area (Å²) in [4.78, 5) is 10.4. The van der Waals surface area contributed by atoms with Crippen LogP contribution in [-0.2, 0) is 4.79 Å². The van der Waals surface area contributed by atoms with Crippen LogP contribution in [0.3, 0.4) is 0 Å². The highest BCUT2D eigenvalue weighted by atomic mass is 32.2. The molecule has 64 valence electrons. The molecule has 0 aliphatic heterocycles. The first-order chi connectivity index (χ1) is 5.27. The van der Waals surface area contributed by atoms with Gasteiger partial charge >= 0.3 is 0 Å². The van der Waals surface area contributed by atoms with Gasteiger partial charge in [-0.3, -0.25) is 4.79 Å². The molecule has 1 nitrogen and oxygen atoms in total. The molecular weight excluding hydrogens is 156 g/mol. The lowest BCUT2D eigenvalue weighted by atomic mass is 10.3. The zero-order valence-corrected chi connectivity index (χ0v) is 8.12. The molecule has 0 N–H and O–H groups in total. The van der Waals surface area contributed by atoms with Crippen LogP contribution in [0.15, 0.2) is 12.2 Å². The van der Waals surface area contributed by atoms with Crippen LogP contribution < -0.4 is 0 Å². The van der Waals surface area contributed by atoms with Crippen LogP contribution in [0.2, 0.25) is 0 Å². The second-order valence-corrected chi connectivity index (χ2v) is 3.64. The highest BCUT2D eigenvalue weighted by molar-refractivity contribution is 7.99. The van der Waals surface area contributed by atoms with Crippen LogP contribution in [0.1, 0.15) is 26.7 Å². The molecule has 0 saturated heterocycles. The van der Waals surface area contributed by atoms with Crippen LogP contribution in [0, 0.1) is 0 Å². The standard InChI is InChI=1S/C9H16OS/c1-3-7-11-8-5-4-6-9(2)10/h4,6H,3,5,7-8H2,1-2H3/b6-4+. The zero-order valence-electron chi connectivity index (χ0n) is 7.30. The van der Waals surface area contributed by atoms with Gasteiger partial charge in [0.2, 0.25) is 0 Å². The number of carbonyl (C=O) groups excluding carboxylic acids is 1. The third-order valence-electron chi connectivity index (χ3n) is 1.13. The second kappa shape index (κ2) is 7.86. The Labute approximate surface area is 73.3 Å². The van der Waals surface area contributed by atoms with Crippen LogP contribution in [0.25, 0.3) is 0 Å². The SMILES string of the molecule is CCCSCC/C=C/C(C)=O. The summed E-state index contributed by atoms with van der Waals surface area (Å²) >= 11 is 1.94. The molecule has 0 heterocycles. The van der Waals surface area contributed by atoms with Crippen molar-refractivity contribution in [2.75, 3.05) is 11.5 Å². The molecule has 0 aromatic heterocycles. The first-order valence-corrected chi connectivity index (χ1v) is 5.17. The van der Waals surface area contributed by atoms with E-state index in [1.165, 1.54) is 12.2 Å². The Morgan fingerprint density at radius 1 is 1.45 bits per heavy atom. The molecular formula is C9H16OS. The summed E-state index contributed by atoms with van der Waals surface area (Å²) in [6.07, 6.45) is 5.85. The van der Waals surface area contributed by atoms with Crippen molar-refractivity contribution in [2.24, 2.45) is 0 Å². The third-order valence-corrected chi connectivity index (χ3v) is 2.35. The quantitative estimate of drug-likeness (QED) is 0.452. The van der Waals surface area contributed by atoms with Gasteiger partial charge in [-0.25, -0.2) is 0 Å². The van der Waals surface area contributed by atoms with Crippen molar-refractivity contribution in [2.45, 2.75) is 26.7 Å². The summed E-state index contributed by atoms with van der Waals surface area (Å²) in [5.74, 6) is 2.51. The van der Waals surface area contributed by atoms with Gasteiger partial charge in [0.15, 0.2) is 5.78 Å². The van der Waals surface area contributed by atoms with Crippen LogP contribution in [0.4, 0.5) is 0 Å². The molecule has 0 rings (SSSR count). The van der Waals surface area contributed by atoms with E-state index >= 15 is 0 Å². The Bertz CT molecular complexity index is 130. The van der Waals surface area contributed by atoms with Crippen LogP contribution in [-0.4, -0.2) is 17.3 Å². The third kappa shape index (κ3) is 9.76. The van der Waals surface area contributed by atoms with E-state index in [1.807, 2.05) is 17.8 Å². The van der Waals surface area contributed by atoms with Gasteiger partial charge in [0.05, 0.1) is 0 Å². The lowest BCUT2D eigenvalue weighted by Gasteiger charge is -1.93. The van der Waals surface area contributed by atoms with Gasteiger partial charge in [0.25, 0.3) is 0 Å². The van der Waals surface area contributed by atoms with E-state index in [9.17, 15) is 4.79 Å². The van der Waals surface area contributed by atoms with Gasteiger partial charge in [-0.05, 0) is 37.3 Å². The van der Waals surface area contributed by atoms with Crippen molar-refractivity contribution in [3.8, 4) is 0 Å². The van der Waals surface area contributed by atoms with Gasteiger partial charge in [-0.1, -0.05) is 13.0 Å². The summed E-state index contributed by atoms with van der Waals surface area (Å²) in [6.45, 7) is 3.76. The summed E-state index contributed by atoms with van der Waals surface area (Å²) in [5, 5.41) is 0. The van der Waals surface area contributed by atoms with Gasteiger partial charge in [0, 0.05) is 0 Å². The average Bonchev–Trinajstić information content (AvgIpc) is 1.96. The molecule has 0 radical (unpaired) electrons. The van der Waals surface area contributed by atoms with Gasteiger partial charge in [-0.15, -0.1) is 0 Å². The largest absolute Gasteiger partial charge is 0.295 e. The molecule has 0 aromatic rings. The highest BCUT2D eigenvalue weighted by Gasteiger charge is 1.85. The molecule has 0 amide bonds. The summed E-state index contributed by atoms with van der Waals surface area (Å²) in [5.41, 5.74) is 0. The zero-order chi connectivity index (χ0) is 8.53. The molecule has 0 saturated carbocycles. The molecule has 0 bridgehead atoms. The fourth-order valence-electron chi connectivity index (χ4n) is 0.647. The van der Waals surface area contributed by atoms with Crippen LogP contribution in [0.5, 0.6) is 0 Å². The minimum atomic E-state index is 0.144. The minimum Gasteiger partial charge on any atom is -0.295 e. The van der Waals surface area contributed by atoms with Crippen molar-refractivity contribution in [3.63, 3.8) is 0 Å². The predicted molar refractivity (Wildman–Crippen MR) is 52.1 cm³/mol. The number of hydrogen-bond donors (Lipinski definition) is 0. The monoisotopic (exact) mass is 172 g/mol. The Morgan fingerprint density at radius 2 is 2.18 bits per heavy atom. The minimum absolute atomic E-state index is 0.144. The molecule has 11 heavy (non-hydrogen) atoms. The average molecular weight is 172 g/mol. The number of ketones is 1. The van der Waals surface area contributed by atoms with E-state index in [0.717, 1.165) is 12.2 Å². The van der Waals surface area contributed by atoms with Crippen molar-refractivity contribution in [3.05, 3.63) is 12.2 Å². The highest BCUT2D eigenvalue weighted by Crippen LogP contribution is 2.03. The molecule has 0 atom stereocenters. The van der Waals surface area contributed by atoms with Gasteiger partial charge < -0.3 is 0 Å². The number of carbonyl (C=O) groups is 1. The predicted octanol–water partition coefficient (Wildman–Crippen LogP) is 2.66. The van der Waals surface area contributed by atoms with E-state index in [-0.39, 0.29) is 5.78 Å². The number of hydrogen-bond acceptors (Lipinski definition) is 2. The van der Waals surface area contributed by atoms with E-state index in [0.29, 0.717) is 0 Å². The molecule has 0 spiro atoms. The van der Waals surface area contributed by atoms with E-state index in [4.69, 9.17) is 0 Å². The first kappa shape index (κ1) is 10.8. The van der Waals surface area contributed by atoms with Gasteiger partial charge in [0.1, 0.15) is 0 Å². The van der Waals surface area contributed by atoms with Crippen molar-refractivity contribution in [1.82, 2.24) is 0 Å². The Hall–Kier alpha value is -0.240. The van der Waals surface area contributed by atoms with E-state index < -0.39 is 0 Å². The normalized spacial score (nSPS) is 10.7. The molecule has 0 aromatic carbocycles. The summed E-state index contributed by atoms with van der Waals surface area (Å²) < 4.78 is 0. The molecule has 2 heteroatoms. The smallest absolute Gasteiger partial charge is 0.152 e. The maximum Gasteiger partial charge on any atom is 0.152 e. The summed E-state index contributed by atoms with van der Waals surface area (Å²) in [6, 6.07) is 0. The molecule has 0 fully saturated rings. The maximum absolute atomic E-state index is 10.4. The number of allylic oxidation sites excluding steroid dienone is 2. The van der Waals surface area contributed by atoms with E-state index in [2.05, 4.69) is 6.92 Å². The van der Waals surface area contributed by atoms with Crippen molar-refractivity contribution < 1.29 is 4.79 Å². The molecule has 0 unspecified atom stereocenters. The Balaban J connectivity index is 3.07. The molecule has 0 aliphatic rings. The van der Waals surface area contributed by atoms with E-state index in [1.54, 1.807) is 13.0 Å². The second-order valence-electron chi connectivity index (χ2n) is 2.41. The fraction of sp³-hybridized carbons (Fsp3) is 0.667. The molecule has 0 aliphatic carbocycles. The fourth-order valence-corrected chi connectivity index (χ4v) is 1.44. The Kier molecular flexibility index (Phi) is 7.69. The maximum atomic E-state index is 10.4. The lowest BCUT2D eigenvalue weighted by molar-refractivity contribution is -0.112. The Morgan fingerprint density at radius 3 is 2.73 bits per heavy atom. The first-order valence-electron chi connectivity index (χ1n) is 4.02. The van der Waals surface area contributed by atoms with Crippen molar-refractivity contribution >= 4 is 17.5 Å². The topological polar surface area (TPSA) is 17.1 Å². The number of rotatable bonds is 6.